The molecule has 0 saturated carbocycles. The molecule has 0 bridgehead atoms. The number of ether oxygens (including phenoxy) is 16. The Balaban J connectivity index is 0.877. The van der Waals surface area contributed by atoms with Crippen molar-refractivity contribution in [2.45, 2.75) is 158 Å². The summed E-state index contributed by atoms with van der Waals surface area (Å²) < 4.78 is 114. The van der Waals surface area contributed by atoms with Crippen LogP contribution in [0.3, 0.4) is 0 Å². The van der Waals surface area contributed by atoms with E-state index in [0.717, 1.165) is 55.6 Å². The average molecular weight is 1420 g/mol. The molecule has 0 N–H and O–H groups in total. The zero-order valence-electron chi connectivity index (χ0n) is 59.3. The predicted molar refractivity (Wildman–Crippen MR) is 396 cm³/mol. The van der Waals surface area contributed by atoms with Crippen LogP contribution in [0.15, 0.2) is 303 Å². The van der Waals surface area contributed by atoms with E-state index in [1.807, 2.05) is 303 Å². The number of benzene rings is 10. The molecule has 546 valence electrons. The van der Waals surface area contributed by atoms with Crippen molar-refractivity contribution in [2.75, 3.05) is 26.9 Å². The summed E-state index contributed by atoms with van der Waals surface area (Å²) in [7, 11) is 1.61. The van der Waals surface area contributed by atoms with Gasteiger partial charge in [0.15, 0.2) is 18.9 Å². The Morgan fingerprint density at radius 3 is 0.600 bits per heavy atom. The third-order valence-corrected chi connectivity index (χ3v) is 18.8. The zero-order chi connectivity index (χ0) is 71.3. The van der Waals surface area contributed by atoms with Gasteiger partial charge in [0.05, 0.1) is 85.9 Å². The first-order chi connectivity index (χ1) is 52.0. The minimum Gasteiger partial charge on any atom is -0.374 e. The van der Waals surface area contributed by atoms with Crippen molar-refractivity contribution in [3.05, 3.63) is 359 Å². The lowest BCUT2D eigenvalue weighted by Crippen LogP contribution is -2.65. The second kappa shape index (κ2) is 40.3. The van der Waals surface area contributed by atoms with Gasteiger partial charge in [-0.3, -0.25) is 0 Å². The lowest BCUT2D eigenvalue weighted by atomic mass is 9.96. The third kappa shape index (κ3) is 22.1. The molecule has 3 heterocycles. The largest absolute Gasteiger partial charge is 0.374 e. The van der Waals surface area contributed by atoms with E-state index >= 15 is 0 Å². The number of hydrogen-bond acceptors (Lipinski definition) is 16. The van der Waals surface area contributed by atoms with Crippen LogP contribution in [-0.2, 0) is 142 Å². The molecule has 3 saturated heterocycles. The van der Waals surface area contributed by atoms with Gasteiger partial charge in [0.2, 0.25) is 0 Å². The lowest BCUT2D eigenvalue weighted by Gasteiger charge is -2.49. The molecule has 10 aromatic carbocycles. The van der Waals surface area contributed by atoms with Crippen LogP contribution in [0.25, 0.3) is 0 Å². The molecule has 0 aliphatic carbocycles. The Bertz CT molecular complexity index is 3980. The van der Waals surface area contributed by atoms with Gasteiger partial charge < -0.3 is 75.8 Å². The molecule has 2 unspecified atom stereocenters. The molecule has 0 radical (unpaired) electrons. The van der Waals surface area contributed by atoms with Gasteiger partial charge in [-0.1, -0.05) is 303 Å². The van der Waals surface area contributed by atoms with Crippen LogP contribution in [-0.4, -0.2) is 119 Å². The van der Waals surface area contributed by atoms with Gasteiger partial charge in [0.1, 0.15) is 73.2 Å². The van der Waals surface area contributed by atoms with Crippen molar-refractivity contribution in [3.63, 3.8) is 0 Å². The average Bonchev–Trinajstić information content (AvgIpc) is 0.804. The van der Waals surface area contributed by atoms with E-state index in [-0.39, 0.29) is 79.3 Å². The molecule has 10 aromatic rings. The van der Waals surface area contributed by atoms with Crippen LogP contribution < -0.4 is 0 Å². The molecule has 105 heavy (non-hydrogen) atoms. The quantitative estimate of drug-likeness (QED) is 0.0361. The van der Waals surface area contributed by atoms with Gasteiger partial charge in [0.25, 0.3) is 0 Å². The lowest BCUT2D eigenvalue weighted by molar-refractivity contribution is -0.362. The highest BCUT2D eigenvalue weighted by molar-refractivity contribution is 5.22. The highest BCUT2D eigenvalue weighted by atomic mass is 16.8. The van der Waals surface area contributed by atoms with Gasteiger partial charge >= 0.3 is 0 Å². The van der Waals surface area contributed by atoms with Gasteiger partial charge in [0, 0.05) is 7.11 Å². The summed E-state index contributed by atoms with van der Waals surface area (Å²) in [4.78, 5) is 0. The van der Waals surface area contributed by atoms with Crippen molar-refractivity contribution < 1.29 is 75.8 Å². The Labute approximate surface area is 616 Å². The first-order valence-corrected chi connectivity index (χ1v) is 36.3. The van der Waals surface area contributed by atoms with Crippen LogP contribution in [0.4, 0.5) is 0 Å². The first-order valence-electron chi connectivity index (χ1n) is 36.3. The number of hydrogen-bond donors (Lipinski definition) is 0. The molecule has 13 rings (SSSR count). The van der Waals surface area contributed by atoms with Crippen LogP contribution >= 0.6 is 0 Å². The van der Waals surface area contributed by atoms with Crippen molar-refractivity contribution in [1.29, 1.82) is 0 Å². The molecular formula is C89H94O16. The highest BCUT2D eigenvalue weighted by Crippen LogP contribution is 2.38. The summed E-state index contributed by atoms with van der Waals surface area (Å²) in [6, 6.07) is 100. The normalized spacial score (nSPS) is 24.6. The Morgan fingerprint density at radius 2 is 0.371 bits per heavy atom. The summed E-state index contributed by atoms with van der Waals surface area (Å²) in [6.07, 6.45) is -13.3. The van der Waals surface area contributed by atoms with Gasteiger partial charge in [-0.05, 0) is 55.6 Å². The van der Waals surface area contributed by atoms with E-state index in [4.69, 9.17) is 75.8 Å². The van der Waals surface area contributed by atoms with Crippen molar-refractivity contribution in [3.8, 4) is 0 Å². The fourth-order valence-corrected chi connectivity index (χ4v) is 13.3. The SMILES string of the molecule is CO[C@H]1O[C@H](COC2O[C@H](COC3O[C@H](COCc4ccccc4)[C@@H](OCc4ccccc4)[C@H](OCc4ccccc4)[C@H]3OCc3ccccc3)[C@@H](OCc3ccccc3)[C@H](OCc3ccccc3)[C@H]2OCc2ccccc2)[C@@H](OCc2ccccc2)[C@H](OCc2ccccc2)[C@H]1OCc1ccccc1. The Morgan fingerprint density at radius 1 is 0.190 bits per heavy atom. The number of methoxy groups -OCH3 is 1. The standard InChI is InChI=1S/C89H94O16/c1-90-87-84(98-59-72-46-26-9-27-47-72)81(95-56-69-40-20-6-21-41-69)79(93-54-67-36-16-4-17-37-67)76(103-87)63-101-89-86(100-61-74-50-30-11-31-51-74)83(97-58-71-44-24-8-25-45-71)80(94-55-68-38-18-5-19-39-68)77(105-89)64-102-88-85(99-60-73-48-28-10-29-49-73)82(96-57-70-42-22-7-23-43-70)78(92-53-66-34-14-3-15-35-66)75(104-88)62-91-52-65-32-12-2-13-33-65/h2-51,75-89H,52-64H2,1H3/t75-,76-,77-,78-,79-,80-,81+,82+,83+,84-,85-,86-,87+,88?,89?/m1/s1. The molecule has 16 nitrogen and oxygen atoms in total. The molecule has 0 spiro atoms. The van der Waals surface area contributed by atoms with Crippen molar-refractivity contribution in [1.82, 2.24) is 0 Å². The maximum atomic E-state index is 7.52. The molecule has 0 amide bonds. The van der Waals surface area contributed by atoms with Gasteiger partial charge in [-0.15, -0.1) is 0 Å². The molecule has 3 fully saturated rings. The van der Waals surface area contributed by atoms with E-state index in [1.54, 1.807) is 7.11 Å². The maximum Gasteiger partial charge on any atom is 0.187 e. The van der Waals surface area contributed by atoms with Gasteiger partial charge in [-0.2, -0.15) is 0 Å². The second-order valence-corrected chi connectivity index (χ2v) is 26.4. The van der Waals surface area contributed by atoms with Crippen LogP contribution in [0, 0.1) is 0 Å². The van der Waals surface area contributed by atoms with Crippen LogP contribution in [0.1, 0.15) is 55.6 Å². The molecule has 3 aliphatic heterocycles. The molecular weight excluding hydrogens is 1320 g/mol. The fraction of sp³-hybridized carbons (Fsp3) is 0.326. The fourth-order valence-electron chi connectivity index (χ4n) is 13.3. The van der Waals surface area contributed by atoms with Crippen LogP contribution in [0.5, 0.6) is 0 Å². The van der Waals surface area contributed by atoms with Crippen LogP contribution in [0.2, 0.25) is 0 Å². The first kappa shape index (κ1) is 74.8. The molecule has 0 aromatic heterocycles. The predicted octanol–water partition coefficient (Wildman–Crippen LogP) is 15.3. The maximum absolute atomic E-state index is 7.52. The summed E-state index contributed by atoms with van der Waals surface area (Å²) in [5, 5.41) is 0. The topological polar surface area (TPSA) is 148 Å². The van der Waals surface area contributed by atoms with E-state index in [2.05, 4.69) is 0 Å². The minimum atomic E-state index is -1.19. The molecule has 3 aliphatic rings. The summed E-state index contributed by atoms with van der Waals surface area (Å²) in [5.74, 6) is 0. The van der Waals surface area contributed by atoms with E-state index in [9.17, 15) is 0 Å². The number of rotatable bonds is 38. The Kier molecular flexibility index (Phi) is 28.7. The van der Waals surface area contributed by atoms with E-state index in [0.29, 0.717) is 6.61 Å². The zero-order valence-corrected chi connectivity index (χ0v) is 59.3. The summed E-state index contributed by atoms with van der Waals surface area (Å²) in [6.45, 7) is 2.08. The summed E-state index contributed by atoms with van der Waals surface area (Å²) in [5.41, 5.74) is 9.55. The smallest absolute Gasteiger partial charge is 0.187 e. The van der Waals surface area contributed by atoms with E-state index < -0.39 is 92.1 Å². The van der Waals surface area contributed by atoms with Gasteiger partial charge in [-0.25, -0.2) is 0 Å². The van der Waals surface area contributed by atoms with Crippen molar-refractivity contribution >= 4 is 0 Å². The second-order valence-electron chi connectivity index (χ2n) is 26.4. The third-order valence-electron chi connectivity index (χ3n) is 18.8. The van der Waals surface area contributed by atoms with Crippen molar-refractivity contribution in [2.24, 2.45) is 0 Å². The monoisotopic (exact) mass is 1420 g/mol. The highest BCUT2D eigenvalue weighted by Gasteiger charge is 2.54. The molecule has 16 heteroatoms. The minimum absolute atomic E-state index is 0.112. The van der Waals surface area contributed by atoms with E-state index in [1.165, 1.54) is 0 Å². The molecule has 15 atom stereocenters. The summed E-state index contributed by atoms with van der Waals surface area (Å²) >= 11 is 0. The Hall–Kier alpha value is -8.44.